The van der Waals surface area contributed by atoms with Gasteiger partial charge in [0.1, 0.15) is 0 Å². The Morgan fingerprint density at radius 2 is 2.00 bits per heavy atom. The van der Waals surface area contributed by atoms with E-state index in [4.69, 9.17) is 0 Å². The molecule has 1 aromatic heterocycles. The molecule has 2 heterocycles. The van der Waals surface area contributed by atoms with Crippen LogP contribution in [0.15, 0.2) is 18.2 Å². The van der Waals surface area contributed by atoms with Crippen molar-refractivity contribution in [3.63, 3.8) is 0 Å². The maximum absolute atomic E-state index is 12.1. The van der Waals surface area contributed by atoms with Gasteiger partial charge in [-0.3, -0.25) is 19.7 Å². The summed E-state index contributed by atoms with van der Waals surface area (Å²) in [6.45, 7) is 4.76. The van der Waals surface area contributed by atoms with Gasteiger partial charge in [-0.15, -0.1) is 0 Å². The Balaban J connectivity index is 2.03. The number of hydrogen-bond donors (Lipinski definition) is 1. The van der Waals surface area contributed by atoms with Gasteiger partial charge in [-0.25, -0.2) is 4.79 Å². The van der Waals surface area contributed by atoms with Crippen molar-refractivity contribution in [1.82, 2.24) is 15.1 Å². The molecule has 0 spiro atoms. The molecule has 6 nitrogen and oxygen atoms in total. The minimum atomic E-state index is -0.398. The van der Waals surface area contributed by atoms with Crippen molar-refractivity contribution in [2.24, 2.45) is 7.05 Å². The van der Waals surface area contributed by atoms with E-state index in [-0.39, 0.29) is 5.91 Å². The van der Waals surface area contributed by atoms with E-state index in [1.54, 1.807) is 9.58 Å². The maximum Gasteiger partial charge on any atom is 0.329 e. The normalized spacial score (nSPS) is 15.6. The van der Waals surface area contributed by atoms with Crippen molar-refractivity contribution in [3.8, 4) is 0 Å². The molecule has 0 bridgehead atoms. The number of aromatic nitrogens is 2. The Hall–Kier alpha value is -2.37. The molecule has 23 heavy (non-hydrogen) atoms. The summed E-state index contributed by atoms with van der Waals surface area (Å²) < 4.78 is 1.81. The number of amides is 3. The molecule has 2 aromatic rings. The molecule has 1 fully saturated rings. The van der Waals surface area contributed by atoms with E-state index < -0.39 is 6.03 Å². The highest BCUT2D eigenvalue weighted by atomic mass is 16.2. The molecule has 1 aliphatic heterocycles. The van der Waals surface area contributed by atoms with Gasteiger partial charge in [-0.05, 0) is 36.5 Å². The SMILES string of the molecule is CCC(CC)c1ccc2c(N3CCC(=O)NC3=O)nn(C)c2c1. The third kappa shape index (κ3) is 2.69. The van der Waals surface area contributed by atoms with E-state index in [0.29, 0.717) is 24.7 Å². The molecule has 0 unspecified atom stereocenters. The number of aryl methyl sites for hydroxylation is 1. The van der Waals surface area contributed by atoms with Gasteiger partial charge < -0.3 is 0 Å². The molecule has 1 aliphatic rings. The number of benzene rings is 1. The number of nitrogens with one attached hydrogen (secondary N) is 1. The first-order chi connectivity index (χ1) is 11.0. The lowest BCUT2D eigenvalue weighted by Gasteiger charge is -2.24. The Bertz CT molecular complexity index is 761. The lowest BCUT2D eigenvalue weighted by atomic mass is 9.93. The zero-order valence-electron chi connectivity index (χ0n) is 13.8. The molecule has 0 aliphatic carbocycles. The van der Waals surface area contributed by atoms with Crippen LogP contribution in [-0.4, -0.2) is 28.3 Å². The standard InChI is InChI=1S/C17H22N4O2/c1-4-11(5-2)12-6-7-13-14(10-12)20(3)19-16(13)21-9-8-15(22)18-17(21)23/h6-7,10-11H,4-5,8-9H2,1-3H3,(H,18,22,23). The molecule has 1 saturated heterocycles. The first kappa shape index (κ1) is 15.5. The number of anilines is 1. The largest absolute Gasteiger partial charge is 0.329 e. The average Bonchev–Trinajstić information content (AvgIpc) is 2.85. The molecule has 0 saturated carbocycles. The number of fused-ring (bicyclic) bond motifs is 1. The molecule has 6 heteroatoms. The molecule has 3 amide bonds. The number of imide groups is 1. The minimum absolute atomic E-state index is 0.234. The monoisotopic (exact) mass is 314 g/mol. The zero-order chi connectivity index (χ0) is 16.6. The number of urea groups is 1. The van der Waals surface area contributed by atoms with Crippen molar-refractivity contribution in [2.75, 3.05) is 11.4 Å². The maximum atomic E-state index is 12.1. The number of carbonyl (C=O) groups excluding carboxylic acids is 2. The minimum Gasteiger partial charge on any atom is -0.278 e. The Kier molecular flexibility index (Phi) is 4.07. The fourth-order valence-electron chi connectivity index (χ4n) is 3.23. The Morgan fingerprint density at radius 3 is 2.65 bits per heavy atom. The van der Waals surface area contributed by atoms with Crippen LogP contribution in [-0.2, 0) is 11.8 Å². The Morgan fingerprint density at radius 1 is 1.26 bits per heavy atom. The van der Waals surface area contributed by atoms with E-state index in [1.165, 1.54) is 5.56 Å². The van der Waals surface area contributed by atoms with Crippen molar-refractivity contribution in [1.29, 1.82) is 0 Å². The van der Waals surface area contributed by atoms with Crippen LogP contribution < -0.4 is 10.2 Å². The summed E-state index contributed by atoms with van der Waals surface area (Å²) in [5.41, 5.74) is 2.31. The molecule has 0 atom stereocenters. The average molecular weight is 314 g/mol. The van der Waals surface area contributed by atoms with Crippen LogP contribution in [0.2, 0.25) is 0 Å². The van der Waals surface area contributed by atoms with E-state index in [2.05, 4.69) is 36.4 Å². The van der Waals surface area contributed by atoms with Gasteiger partial charge in [-0.1, -0.05) is 19.9 Å². The summed E-state index contributed by atoms with van der Waals surface area (Å²) in [5.74, 6) is 0.916. The van der Waals surface area contributed by atoms with Crippen LogP contribution in [0.3, 0.4) is 0 Å². The van der Waals surface area contributed by atoms with Crippen LogP contribution in [0, 0.1) is 0 Å². The second kappa shape index (κ2) is 6.02. The highest BCUT2D eigenvalue weighted by Crippen LogP contribution is 2.31. The molecular formula is C17H22N4O2. The predicted molar refractivity (Wildman–Crippen MR) is 89.5 cm³/mol. The fourth-order valence-corrected chi connectivity index (χ4v) is 3.23. The van der Waals surface area contributed by atoms with Crippen molar-refractivity contribution in [2.45, 2.75) is 39.0 Å². The zero-order valence-corrected chi connectivity index (χ0v) is 13.8. The Labute approximate surface area is 135 Å². The lowest BCUT2D eigenvalue weighted by molar-refractivity contribution is -0.120. The van der Waals surface area contributed by atoms with Gasteiger partial charge in [0.05, 0.1) is 5.52 Å². The molecular weight excluding hydrogens is 292 g/mol. The topological polar surface area (TPSA) is 67.2 Å². The van der Waals surface area contributed by atoms with Gasteiger partial charge in [-0.2, -0.15) is 5.10 Å². The van der Waals surface area contributed by atoms with Crippen LogP contribution >= 0.6 is 0 Å². The van der Waals surface area contributed by atoms with Gasteiger partial charge in [0.2, 0.25) is 5.91 Å². The van der Waals surface area contributed by atoms with Crippen molar-refractivity contribution >= 4 is 28.7 Å². The van der Waals surface area contributed by atoms with Crippen molar-refractivity contribution < 1.29 is 9.59 Å². The smallest absolute Gasteiger partial charge is 0.278 e. The van der Waals surface area contributed by atoms with E-state index in [1.807, 2.05) is 13.1 Å². The predicted octanol–water partition coefficient (Wildman–Crippen LogP) is 2.92. The fraction of sp³-hybridized carbons (Fsp3) is 0.471. The second-order valence-corrected chi connectivity index (χ2v) is 5.99. The molecule has 0 radical (unpaired) electrons. The highest BCUT2D eigenvalue weighted by molar-refractivity contribution is 6.08. The lowest BCUT2D eigenvalue weighted by Crippen LogP contribution is -2.49. The van der Waals surface area contributed by atoms with Crippen molar-refractivity contribution in [3.05, 3.63) is 23.8 Å². The number of carbonyl (C=O) groups is 2. The van der Waals surface area contributed by atoms with Crippen LogP contribution in [0.25, 0.3) is 10.9 Å². The summed E-state index contributed by atoms with van der Waals surface area (Å²) in [6, 6.07) is 5.93. The highest BCUT2D eigenvalue weighted by Gasteiger charge is 2.28. The summed E-state index contributed by atoms with van der Waals surface area (Å²) in [7, 11) is 1.88. The third-order valence-corrected chi connectivity index (χ3v) is 4.62. The molecule has 3 rings (SSSR count). The van der Waals surface area contributed by atoms with Gasteiger partial charge >= 0.3 is 6.03 Å². The van der Waals surface area contributed by atoms with E-state index in [0.717, 1.165) is 23.7 Å². The summed E-state index contributed by atoms with van der Waals surface area (Å²) in [5, 5.41) is 7.80. The van der Waals surface area contributed by atoms with Crippen LogP contribution in [0.1, 0.15) is 44.6 Å². The van der Waals surface area contributed by atoms with Gasteiger partial charge in [0.15, 0.2) is 5.82 Å². The molecule has 1 N–H and O–H groups in total. The van der Waals surface area contributed by atoms with E-state index in [9.17, 15) is 9.59 Å². The third-order valence-electron chi connectivity index (χ3n) is 4.62. The van der Waals surface area contributed by atoms with E-state index >= 15 is 0 Å². The van der Waals surface area contributed by atoms with Gasteiger partial charge in [0.25, 0.3) is 0 Å². The summed E-state index contributed by atoms with van der Waals surface area (Å²) >= 11 is 0. The number of nitrogens with zero attached hydrogens (tertiary/aromatic N) is 3. The summed E-state index contributed by atoms with van der Waals surface area (Å²) in [6.07, 6.45) is 2.50. The molecule has 1 aromatic carbocycles. The quantitative estimate of drug-likeness (QED) is 0.943. The second-order valence-electron chi connectivity index (χ2n) is 5.99. The summed E-state index contributed by atoms with van der Waals surface area (Å²) in [4.78, 5) is 24.9. The van der Waals surface area contributed by atoms with Gasteiger partial charge in [0, 0.05) is 25.4 Å². The first-order valence-electron chi connectivity index (χ1n) is 8.13. The van der Waals surface area contributed by atoms with Crippen LogP contribution in [0.5, 0.6) is 0 Å². The molecule has 122 valence electrons. The number of hydrogen-bond acceptors (Lipinski definition) is 3. The number of rotatable bonds is 4. The van der Waals surface area contributed by atoms with Crippen LogP contribution in [0.4, 0.5) is 10.6 Å². The first-order valence-corrected chi connectivity index (χ1v) is 8.13.